The summed E-state index contributed by atoms with van der Waals surface area (Å²) in [6.45, 7) is 3.74. The Balaban J connectivity index is 2.41. The number of esters is 1. The Kier molecular flexibility index (Phi) is 2.91. The summed E-state index contributed by atoms with van der Waals surface area (Å²) in [5.41, 5.74) is 2.38. The SMILES string of the molecule is COC(=O)c1ccc(-n2cnc(C)n2)c(C)c1. The van der Waals surface area contributed by atoms with Crippen LogP contribution >= 0.6 is 0 Å². The highest BCUT2D eigenvalue weighted by Crippen LogP contribution is 2.15. The van der Waals surface area contributed by atoms with Crippen molar-refractivity contribution in [2.75, 3.05) is 7.11 Å². The van der Waals surface area contributed by atoms with Gasteiger partial charge in [0.25, 0.3) is 0 Å². The summed E-state index contributed by atoms with van der Waals surface area (Å²) in [6.07, 6.45) is 1.65. The molecule has 0 aliphatic carbocycles. The lowest BCUT2D eigenvalue weighted by atomic mass is 10.1. The van der Waals surface area contributed by atoms with Gasteiger partial charge >= 0.3 is 5.97 Å². The van der Waals surface area contributed by atoms with Crippen LogP contribution in [0.25, 0.3) is 5.69 Å². The Bertz CT molecular complexity index is 561. The third-order valence-electron chi connectivity index (χ3n) is 2.47. The van der Waals surface area contributed by atoms with Crippen LogP contribution in [0.2, 0.25) is 0 Å². The van der Waals surface area contributed by atoms with Crippen LogP contribution in [0, 0.1) is 13.8 Å². The molecular formula is C12H13N3O2. The van der Waals surface area contributed by atoms with Crippen molar-refractivity contribution in [3.63, 3.8) is 0 Å². The minimum Gasteiger partial charge on any atom is -0.465 e. The molecule has 5 nitrogen and oxygen atoms in total. The van der Waals surface area contributed by atoms with E-state index in [0.717, 1.165) is 11.3 Å². The van der Waals surface area contributed by atoms with Crippen molar-refractivity contribution in [3.05, 3.63) is 41.5 Å². The monoisotopic (exact) mass is 231 g/mol. The fraction of sp³-hybridized carbons (Fsp3) is 0.250. The molecule has 0 N–H and O–H groups in total. The number of ether oxygens (including phenoxy) is 1. The minimum absolute atomic E-state index is 0.338. The summed E-state index contributed by atoms with van der Waals surface area (Å²) >= 11 is 0. The molecule has 0 saturated heterocycles. The minimum atomic E-state index is -0.338. The summed E-state index contributed by atoms with van der Waals surface area (Å²) in [4.78, 5) is 15.4. The van der Waals surface area contributed by atoms with E-state index in [0.29, 0.717) is 11.4 Å². The first-order valence-electron chi connectivity index (χ1n) is 5.19. The molecule has 88 valence electrons. The van der Waals surface area contributed by atoms with Gasteiger partial charge in [-0.2, -0.15) is 5.10 Å². The zero-order chi connectivity index (χ0) is 12.4. The standard InChI is InChI=1S/C12H13N3O2/c1-8-6-10(12(16)17-3)4-5-11(8)15-7-13-9(2)14-15/h4-7H,1-3H3. The van der Waals surface area contributed by atoms with Crippen molar-refractivity contribution in [2.24, 2.45) is 0 Å². The van der Waals surface area contributed by atoms with Gasteiger partial charge < -0.3 is 4.74 Å². The Labute approximate surface area is 99.1 Å². The van der Waals surface area contributed by atoms with E-state index in [9.17, 15) is 4.79 Å². The fourth-order valence-corrected chi connectivity index (χ4v) is 1.62. The predicted molar refractivity (Wildman–Crippen MR) is 62.2 cm³/mol. The lowest BCUT2D eigenvalue weighted by Gasteiger charge is -2.06. The number of aromatic nitrogens is 3. The molecule has 0 atom stereocenters. The van der Waals surface area contributed by atoms with Gasteiger partial charge in [-0.15, -0.1) is 0 Å². The van der Waals surface area contributed by atoms with Gasteiger partial charge in [0, 0.05) is 0 Å². The predicted octanol–water partition coefficient (Wildman–Crippen LogP) is 1.67. The van der Waals surface area contributed by atoms with Crippen LogP contribution in [-0.2, 0) is 4.74 Å². The maximum atomic E-state index is 11.4. The molecule has 2 rings (SSSR count). The van der Waals surface area contributed by atoms with Crippen molar-refractivity contribution in [3.8, 4) is 5.69 Å². The van der Waals surface area contributed by atoms with Gasteiger partial charge in [0.2, 0.25) is 0 Å². The first kappa shape index (κ1) is 11.3. The third kappa shape index (κ3) is 2.18. The number of methoxy groups -OCH3 is 1. The van der Waals surface area contributed by atoms with Crippen LogP contribution in [-0.4, -0.2) is 27.8 Å². The molecule has 1 aromatic carbocycles. The quantitative estimate of drug-likeness (QED) is 0.738. The largest absolute Gasteiger partial charge is 0.465 e. The molecule has 0 saturated carbocycles. The van der Waals surface area contributed by atoms with Gasteiger partial charge in [-0.3, -0.25) is 0 Å². The molecule has 0 radical (unpaired) electrons. The van der Waals surface area contributed by atoms with Crippen LogP contribution in [0.5, 0.6) is 0 Å². The van der Waals surface area contributed by atoms with Gasteiger partial charge in [-0.1, -0.05) is 0 Å². The summed E-state index contributed by atoms with van der Waals surface area (Å²) < 4.78 is 6.35. The van der Waals surface area contributed by atoms with E-state index < -0.39 is 0 Å². The van der Waals surface area contributed by atoms with Gasteiger partial charge in [-0.05, 0) is 37.6 Å². The van der Waals surface area contributed by atoms with E-state index in [-0.39, 0.29) is 5.97 Å². The summed E-state index contributed by atoms with van der Waals surface area (Å²) in [7, 11) is 1.37. The van der Waals surface area contributed by atoms with Crippen molar-refractivity contribution in [1.29, 1.82) is 0 Å². The highest BCUT2D eigenvalue weighted by Gasteiger charge is 2.09. The van der Waals surface area contributed by atoms with Crippen LogP contribution in [0.4, 0.5) is 0 Å². The molecule has 0 spiro atoms. The van der Waals surface area contributed by atoms with Crippen molar-refractivity contribution >= 4 is 5.97 Å². The van der Waals surface area contributed by atoms with Crippen LogP contribution < -0.4 is 0 Å². The summed E-state index contributed by atoms with van der Waals surface area (Å²) in [5, 5.41) is 4.23. The molecule has 0 amide bonds. The van der Waals surface area contributed by atoms with E-state index in [1.807, 2.05) is 19.9 Å². The van der Waals surface area contributed by atoms with Crippen LogP contribution in [0.15, 0.2) is 24.5 Å². The number of nitrogens with zero attached hydrogens (tertiary/aromatic N) is 3. The molecule has 1 aromatic heterocycles. The molecule has 2 aromatic rings. The Hall–Kier alpha value is -2.17. The third-order valence-corrected chi connectivity index (χ3v) is 2.47. The number of rotatable bonds is 2. The molecule has 0 unspecified atom stereocenters. The molecule has 0 bridgehead atoms. The highest BCUT2D eigenvalue weighted by atomic mass is 16.5. The molecule has 5 heteroatoms. The number of hydrogen-bond acceptors (Lipinski definition) is 4. The van der Waals surface area contributed by atoms with E-state index in [4.69, 9.17) is 0 Å². The number of carbonyl (C=O) groups excluding carboxylic acids is 1. The second-order valence-corrected chi connectivity index (χ2v) is 3.73. The average Bonchev–Trinajstić information content (AvgIpc) is 2.74. The number of carbonyl (C=O) groups is 1. The average molecular weight is 231 g/mol. The van der Waals surface area contributed by atoms with Gasteiger partial charge in [0.1, 0.15) is 12.2 Å². The lowest BCUT2D eigenvalue weighted by molar-refractivity contribution is 0.0600. The normalized spacial score (nSPS) is 10.3. The van der Waals surface area contributed by atoms with Gasteiger partial charge in [0.15, 0.2) is 0 Å². The van der Waals surface area contributed by atoms with E-state index in [1.165, 1.54) is 7.11 Å². The van der Waals surface area contributed by atoms with E-state index in [1.54, 1.807) is 23.1 Å². The van der Waals surface area contributed by atoms with Crippen molar-refractivity contribution < 1.29 is 9.53 Å². The molecule has 0 aliphatic rings. The fourth-order valence-electron chi connectivity index (χ4n) is 1.62. The van der Waals surface area contributed by atoms with Crippen LogP contribution in [0.3, 0.4) is 0 Å². The van der Waals surface area contributed by atoms with Crippen molar-refractivity contribution in [1.82, 2.24) is 14.8 Å². The zero-order valence-corrected chi connectivity index (χ0v) is 9.97. The number of benzene rings is 1. The maximum Gasteiger partial charge on any atom is 0.337 e. The van der Waals surface area contributed by atoms with Crippen LogP contribution in [0.1, 0.15) is 21.7 Å². The second kappa shape index (κ2) is 4.37. The molecular weight excluding hydrogens is 218 g/mol. The highest BCUT2D eigenvalue weighted by molar-refractivity contribution is 5.89. The smallest absolute Gasteiger partial charge is 0.337 e. The topological polar surface area (TPSA) is 57.0 Å². The molecule has 17 heavy (non-hydrogen) atoms. The van der Waals surface area contributed by atoms with E-state index >= 15 is 0 Å². The Morgan fingerprint density at radius 1 is 1.35 bits per heavy atom. The zero-order valence-electron chi connectivity index (χ0n) is 9.97. The Morgan fingerprint density at radius 3 is 2.65 bits per heavy atom. The molecule has 0 aliphatic heterocycles. The van der Waals surface area contributed by atoms with Crippen molar-refractivity contribution in [2.45, 2.75) is 13.8 Å². The second-order valence-electron chi connectivity index (χ2n) is 3.73. The first-order chi connectivity index (χ1) is 8.11. The maximum absolute atomic E-state index is 11.4. The number of aryl methyl sites for hydroxylation is 2. The summed E-state index contributed by atoms with van der Waals surface area (Å²) in [5.74, 6) is 0.371. The number of hydrogen-bond donors (Lipinski definition) is 0. The molecule has 0 fully saturated rings. The molecule has 1 heterocycles. The lowest BCUT2D eigenvalue weighted by Crippen LogP contribution is -2.04. The van der Waals surface area contributed by atoms with Gasteiger partial charge in [-0.25, -0.2) is 14.5 Å². The summed E-state index contributed by atoms with van der Waals surface area (Å²) in [6, 6.07) is 5.32. The first-order valence-corrected chi connectivity index (χ1v) is 5.19. The van der Waals surface area contributed by atoms with Gasteiger partial charge in [0.05, 0.1) is 18.4 Å². The van der Waals surface area contributed by atoms with E-state index in [2.05, 4.69) is 14.8 Å². The Morgan fingerprint density at radius 2 is 2.12 bits per heavy atom.